The highest BCUT2D eigenvalue weighted by Crippen LogP contribution is 2.40. The van der Waals surface area contributed by atoms with Gasteiger partial charge in [-0.15, -0.1) is 24.0 Å². The highest BCUT2D eigenvalue weighted by Gasteiger charge is 2.32. The number of esters is 1. The minimum absolute atomic E-state index is 0.204. The van der Waals surface area contributed by atoms with E-state index in [1.807, 2.05) is 24.4 Å². The van der Waals surface area contributed by atoms with Crippen LogP contribution in [-0.2, 0) is 9.53 Å². The fourth-order valence-electron chi connectivity index (χ4n) is 2.20. The second-order valence-corrected chi connectivity index (χ2v) is 6.39. The van der Waals surface area contributed by atoms with Crippen LogP contribution in [-0.4, -0.2) is 12.1 Å². The lowest BCUT2D eigenvalue weighted by molar-refractivity contribution is -0.143. The molecule has 0 bridgehead atoms. The number of nitrogens with zero attached hydrogens (tertiary/aromatic N) is 1. The Bertz CT molecular complexity index is 652. The Balaban J connectivity index is 2.47. The van der Waals surface area contributed by atoms with Gasteiger partial charge in [-0.3, -0.25) is 0 Å². The molecule has 1 unspecified atom stereocenters. The van der Waals surface area contributed by atoms with Crippen LogP contribution in [0.5, 0.6) is 0 Å². The number of nitriles is 1. The zero-order valence-corrected chi connectivity index (χ0v) is 13.7. The summed E-state index contributed by atoms with van der Waals surface area (Å²) >= 11 is 5.87. The van der Waals surface area contributed by atoms with Gasteiger partial charge in [0.15, 0.2) is 0 Å². The minimum Gasteiger partial charge on any atom is -0.458 e. The first-order chi connectivity index (χ1) is 9.95. The van der Waals surface area contributed by atoms with Crippen LogP contribution in [0.2, 0.25) is 0 Å². The quantitative estimate of drug-likeness (QED) is 0.662. The van der Waals surface area contributed by atoms with E-state index >= 15 is 0 Å². The smallest absolute Gasteiger partial charge is 0.354 e. The van der Waals surface area contributed by atoms with Gasteiger partial charge in [0.25, 0.3) is 0 Å². The maximum atomic E-state index is 12.2. The average Bonchev–Trinajstić information content (AvgIpc) is 2.93. The van der Waals surface area contributed by atoms with Gasteiger partial charge < -0.3 is 10.1 Å². The van der Waals surface area contributed by atoms with Gasteiger partial charge in [-0.2, -0.15) is 5.26 Å². The Morgan fingerprint density at radius 1 is 1.57 bits per heavy atom. The number of dihydropyridines is 1. The summed E-state index contributed by atoms with van der Waals surface area (Å²) in [4.78, 5) is 13.2. The van der Waals surface area contributed by atoms with Crippen molar-refractivity contribution in [3.8, 4) is 6.07 Å². The summed E-state index contributed by atoms with van der Waals surface area (Å²) in [6.07, 6.45) is -0.204. The molecule has 2 heterocycles. The van der Waals surface area contributed by atoms with Crippen LogP contribution in [0.25, 0.3) is 0 Å². The first-order valence-electron chi connectivity index (χ1n) is 6.51. The molecule has 0 radical (unpaired) electrons. The summed E-state index contributed by atoms with van der Waals surface area (Å²) in [6.45, 7) is 5.43. The number of ether oxygens (including phenoxy) is 1. The lowest BCUT2D eigenvalue weighted by atomic mass is 9.88. The lowest BCUT2D eigenvalue weighted by Gasteiger charge is -2.27. The number of hydrogen-bond donors (Lipinski definition) is 2. The van der Waals surface area contributed by atoms with E-state index in [-0.39, 0.29) is 12.0 Å². The number of thiol groups is 1. The van der Waals surface area contributed by atoms with E-state index in [9.17, 15) is 10.1 Å². The summed E-state index contributed by atoms with van der Waals surface area (Å²) < 4.78 is 5.25. The van der Waals surface area contributed by atoms with Gasteiger partial charge in [-0.1, -0.05) is 6.07 Å². The van der Waals surface area contributed by atoms with Gasteiger partial charge in [0.2, 0.25) is 0 Å². The SMILES string of the molecule is CC1=C(C(=O)OC(C)C)NC(S)=C(C#N)C1c1cccs1. The minimum atomic E-state index is -0.424. The van der Waals surface area contributed by atoms with Crippen molar-refractivity contribution in [1.29, 1.82) is 5.26 Å². The third-order valence-corrected chi connectivity index (χ3v) is 4.40. The molecule has 1 aliphatic heterocycles. The summed E-state index contributed by atoms with van der Waals surface area (Å²) in [7, 11) is 0. The van der Waals surface area contributed by atoms with Crippen molar-refractivity contribution in [2.75, 3.05) is 0 Å². The molecule has 1 aromatic heterocycles. The monoisotopic (exact) mass is 320 g/mol. The Morgan fingerprint density at radius 2 is 2.29 bits per heavy atom. The molecule has 1 aliphatic rings. The number of rotatable bonds is 3. The maximum Gasteiger partial charge on any atom is 0.354 e. The number of allylic oxidation sites excluding steroid dienone is 2. The Morgan fingerprint density at radius 3 is 2.81 bits per heavy atom. The first kappa shape index (κ1) is 15.7. The predicted octanol–water partition coefficient (Wildman–Crippen LogP) is 3.33. The molecule has 2 rings (SSSR count). The summed E-state index contributed by atoms with van der Waals surface area (Å²) in [5, 5.41) is 14.6. The molecule has 0 saturated carbocycles. The van der Waals surface area contributed by atoms with Crippen LogP contribution >= 0.6 is 24.0 Å². The Kier molecular flexibility index (Phi) is 4.76. The fraction of sp³-hybridized carbons (Fsp3) is 0.333. The molecular weight excluding hydrogens is 304 g/mol. The molecule has 1 aromatic rings. The largest absolute Gasteiger partial charge is 0.458 e. The zero-order valence-electron chi connectivity index (χ0n) is 12.0. The third-order valence-electron chi connectivity index (χ3n) is 3.11. The molecule has 6 heteroatoms. The van der Waals surface area contributed by atoms with Crippen LogP contribution < -0.4 is 5.32 Å². The number of thiophene rings is 1. The molecular formula is C15H16N2O2S2. The number of nitrogens with one attached hydrogen (secondary N) is 1. The van der Waals surface area contributed by atoms with Crippen molar-refractivity contribution in [3.63, 3.8) is 0 Å². The zero-order chi connectivity index (χ0) is 15.6. The standard InChI is InChI=1S/C15H16N2O2S2/c1-8(2)19-15(18)13-9(3)12(11-5-4-6-21-11)10(7-16)14(20)17-13/h4-6,8,12,17,20H,1-3H3. The summed E-state index contributed by atoms with van der Waals surface area (Å²) in [5.41, 5.74) is 1.66. The van der Waals surface area contributed by atoms with E-state index in [1.165, 1.54) is 0 Å². The van der Waals surface area contributed by atoms with Crippen molar-refractivity contribution in [3.05, 3.63) is 44.3 Å². The first-order valence-corrected chi connectivity index (χ1v) is 7.83. The van der Waals surface area contributed by atoms with E-state index in [1.54, 1.807) is 25.2 Å². The highest BCUT2D eigenvalue weighted by molar-refractivity contribution is 7.84. The fourth-order valence-corrected chi connectivity index (χ4v) is 3.39. The van der Waals surface area contributed by atoms with Crippen molar-refractivity contribution >= 4 is 29.9 Å². The van der Waals surface area contributed by atoms with E-state index < -0.39 is 5.97 Å². The molecule has 4 nitrogen and oxygen atoms in total. The molecule has 110 valence electrons. The molecule has 1 N–H and O–H groups in total. The molecule has 1 atom stereocenters. The second kappa shape index (κ2) is 6.37. The normalized spacial score (nSPS) is 18.6. The molecule has 0 aromatic carbocycles. The Labute approximate surface area is 133 Å². The summed E-state index contributed by atoms with van der Waals surface area (Å²) in [6, 6.07) is 6.06. The van der Waals surface area contributed by atoms with Crippen molar-refractivity contribution < 1.29 is 9.53 Å². The molecule has 0 spiro atoms. The van der Waals surface area contributed by atoms with Crippen molar-refractivity contribution in [1.82, 2.24) is 5.32 Å². The van der Waals surface area contributed by atoms with E-state index in [2.05, 4.69) is 24.0 Å². The summed E-state index contributed by atoms with van der Waals surface area (Å²) in [5.74, 6) is -0.675. The van der Waals surface area contributed by atoms with Gasteiger partial charge in [-0.05, 0) is 37.8 Å². The number of carbonyl (C=O) groups excluding carboxylic acids is 1. The maximum absolute atomic E-state index is 12.2. The molecule has 21 heavy (non-hydrogen) atoms. The predicted molar refractivity (Wildman–Crippen MR) is 85.7 cm³/mol. The van der Waals surface area contributed by atoms with Gasteiger partial charge in [0, 0.05) is 4.88 Å². The third kappa shape index (κ3) is 3.14. The topological polar surface area (TPSA) is 62.1 Å². The average molecular weight is 320 g/mol. The van der Waals surface area contributed by atoms with Crippen LogP contribution in [0.15, 0.2) is 39.4 Å². The molecule has 0 amide bonds. The molecule has 0 fully saturated rings. The van der Waals surface area contributed by atoms with E-state index in [0.717, 1.165) is 10.5 Å². The lowest BCUT2D eigenvalue weighted by Crippen LogP contribution is -2.30. The van der Waals surface area contributed by atoms with Crippen LogP contribution in [0, 0.1) is 11.3 Å². The molecule has 0 aliphatic carbocycles. The van der Waals surface area contributed by atoms with Crippen LogP contribution in [0.3, 0.4) is 0 Å². The van der Waals surface area contributed by atoms with Gasteiger partial charge in [0.1, 0.15) is 5.70 Å². The van der Waals surface area contributed by atoms with E-state index in [4.69, 9.17) is 4.74 Å². The highest BCUT2D eigenvalue weighted by atomic mass is 32.1. The van der Waals surface area contributed by atoms with Gasteiger partial charge in [-0.25, -0.2) is 4.79 Å². The number of hydrogen-bond acceptors (Lipinski definition) is 6. The van der Waals surface area contributed by atoms with Crippen LogP contribution in [0.1, 0.15) is 31.6 Å². The van der Waals surface area contributed by atoms with Crippen LogP contribution in [0.4, 0.5) is 0 Å². The van der Waals surface area contributed by atoms with Crippen molar-refractivity contribution in [2.24, 2.45) is 0 Å². The van der Waals surface area contributed by atoms with Gasteiger partial charge >= 0.3 is 5.97 Å². The number of carbonyl (C=O) groups is 1. The Hall–Kier alpha value is -1.71. The second-order valence-electron chi connectivity index (χ2n) is 4.96. The molecule has 0 saturated heterocycles. The van der Waals surface area contributed by atoms with E-state index in [0.29, 0.717) is 16.3 Å². The van der Waals surface area contributed by atoms with Crippen molar-refractivity contribution in [2.45, 2.75) is 32.8 Å². The van der Waals surface area contributed by atoms with Gasteiger partial charge in [0.05, 0.1) is 28.7 Å².